The van der Waals surface area contributed by atoms with Gasteiger partial charge in [-0.25, -0.2) is 0 Å². The number of anilines is 1. The van der Waals surface area contributed by atoms with E-state index in [1.165, 1.54) is 0 Å². The van der Waals surface area contributed by atoms with E-state index >= 15 is 0 Å². The Hall–Kier alpha value is -2.79. The van der Waals surface area contributed by atoms with E-state index in [9.17, 15) is 4.79 Å². The second-order valence-electron chi connectivity index (χ2n) is 6.40. The van der Waals surface area contributed by atoms with Gasteiger partial charge in [0.25, 0.3) is 5.56 Å². The molecule has 0 aliphatic carbocycles. The normalized spacial score (nSPS) is 14.3. The largest absolute Gasteiger partial charge is 0.497 e. The third kappa shape index (κ3) is 3.23. The smallest absolute Gasteiger partial charge is 0.258 e. The van der Waals surface area contributed by atoms with E-state index in [0.717, 1.165) is 40.9 Å². The molecule has 3 aromatic rings. The zero-order valence-corrected chi connectivity index (χ0v) is 14.2. The van der Waals surface area contributed by atoms with Gasteiger partial charge in [0.15, 0.2) is 0 Å². The highest BCUT2D eigenvalue weighted by Crippen LogP contribution is 2.18. The van der Waals surface area contributed by atoms with Gasteiger partial charge in [-0.1, -0.05) is 12.1 Å². The second kappa shape index (κ2) is 6.61. The number of ether oxygens (including phenoxy) is 1. The van der Waals surface area contributed by atoms with Gasteiger partial charge in [-0.2, -0.15) is 0 Å². The molecule has 1 saturated heterocycles. The number of rotatable bonds is 5. The minimum atomic E-state index is 0.0326. The first-order valence-corrected chi connectivity index (χ1v) is 8.46. The number of hydrogen-bond donors (Lipinski definition) is 2. The molecule has 0 saturated carbocycles. The van der Waals surface area contributed by atoms with E-state index in [2.05, 4.69) is 10.6 Å². The van der Waals surface area contributed by atoms with E-state index in [1.807, 2.05) is 54.7 Å². The molecule has 0 atom stereocenters. The fraction of sp³-hybridized carbons (Fsp3) is 0.250. The summed E-state index contributed by atoms with van der Waals surface area (Å²) in [5.74, 6) is 0.816. The van der Waals surface area contributed by atoms with Crippen LogP contribution in [-0.2, 0) is 6.54 Å². The predicted octanol–water partition coefficient (Wildman–Crippen LogP) is 2.44. The van der Waals surface area contributed by atoms with Crippen molar-refractivity contribution in [3.05, 3.63) is 70.6 Å². The van der Waals surface area contributed by atoms with Gasteiger partial charge >= 0.3 is 0 Å². The van der Waals surface area contributed by atoms with Crippen molar-refractivity contribution < 1.29 is 4.74 Å². The predicted molar refractivity (Wildman–Crippen MR) is 101 cm³/mol. The summed E-state index contributed by atoms with van der Waals surface area (Å²) in [6.07, 6.45) is 1.86. The lowest BCUT2D eigenvalue weighted by atomic mass is 10.1. The molecule has 5 nitrogen and oxygen atoms in total. The van der Waals surface area contributed by atoms with Crippen LogP contribution in [0.4, 0.5) is 5.69 Å². The van der Waals surface area contributed by atoms with Crippen molar-refractivity contribution in [1.82, 2.24) is 9.88 Å². The molecule has 0 spiro atoms. The molecule has 1 aromatic heterocycles. The molecule has 4 rings (SSSR count). The first-order valence-electron chi connectivity index (χ1n) is 8.46. The van der Waals surface area contributed by atoms with Crippen molar-refractivity contribution in [2.24, 2.45) is 0 Å². The van der Waals surface area contributed by atoms with E-state index in [1.54, 1.807) is 11.7 Å². The van der Waals surface area contributed by atoms with Gasteiger partial charge in [0, 0.05) is 30.4 Å². The van der Waals surface area contributed by atoms with Crippen molar-refractivity contribution in [1.29, 1.82) is 0 Å². The van der Waals surface area contributed by atoms with Crippen LogP contribution < -0.4 is 20.9 Å². The van der Waals surface area contributed by atoms with Crippen LogP contribution in [0.25, 0.3) is 10.8 Å². The lowest BCUT2D eigenvalue weighted by Gasteiger charge is -2.29. The topological polar surface area (TPSA) is 55.3 Å². The van der Waals surface area contributed by atoms with Crippen LogP contribution in [0.2, 0.25) is 0 Å². The average Bonchev–Trinajstić information content (AvgIpc) is 2.61. The molecule has 1 aliphatic rings. The van der Waals surface area contributed by atoms with Crippen LogP contribution in [0.5, 0.6) is 5.75 Å². The molecule has 0 unspecified atom stereocenters. The lowest BCUT2D eigenvalue weighted by Crippen LogP contribution is -2.51. The Labute approximate surface area is 146 Å². The molecule has 128 valence electrons. The summed E-state index contributed by atoms with van der Waals surface area (Å²) in [5, 5.41) is 8.42. The highest BCUT2D eigenvalue weighted by atomic mass is 16.5. The zero-order valence-electron chi connectivity index (χ0n) is 14.2. The van der Waals surface area contributed by atoms with Gasteiger partial charge in [0.05, 0.1) is 19.7 Å². The number of fused-ring (bicyclic) bond motifs is 1. The van der Waals surface area contributed by atoms with Gasteiger partial charge in [-0.15, -0.1) is 0 Å². The van der Waals surface area contributed by atoms with Crippen molar-refractivity contribution in [3.8, 4) is 5.75 Å². The fourth-order valence-electron chi connectivity index (χ4n) is 3.06. The monoisotopic (exact) mass is 335 g/mol. The average molecular weight is 335 g/mol. The number of nitrogens with one attached hydrogen (secondary N) is 2. The van der Waals surface area contributed by atoms with Crippen LogP contribution in [-0.4, -0.2) is 30.8 Å². The number of hydrogen-bond acceptors (Lipinski definition) is 4. The Morgan fingerprint density at radius 3 is 2.64 bits per heavy atom. The van der Waals surface area contributed by atoms with Gasteiger partial charge in [-0.3, -0.25) is 4.79 Å². The standard InChI is InChI=1S/C20H21N3O2/c1-25-18-5-2-14(3-6-18)13-23-9-8-15-10-16(22-17-11-21-12-17)4-7-19(15)20(23)24/h2-10,17,21-22H,11-13H2,1H3. The van der Waals surface area contributed by atoms with Crippen molar-refractivity contribution in [3.63, 3.8) is 0 Å². The highest BCUT2D eigenvalue weighted by molar-refractivity contribution is 5.84. The zero-order chi connectivity index (χ0) is 17.2. The molecule has 2 aromatic carbocycles. The molecule has 1 fully saturated rings. The minimum absolute atomic E-state index is 0.0326. The summed E-state index contributed by atoms with van der Waals surface area (Å²) in [7, 11) is 1.65. The molecule has 0 amide bonds. The maximum Gasteiger partial charge on any atom is 0.258 e. The van der Waals surface area contributed by atoms with Gasteiger partial charge in [0.2, 0.25) is 0 Å². The Bertz CT molecular complexity index is 943. The Kier molecular flexibility index (Phi) is 4.15. The number of aromatic nitrogens is 1. The molecule has 1 aliphatic heterocycles. The number of methoxy groups -OCH3 is 1. The molecule has 0 bridgehead atoms. The Morgan fingerprint density at radius 2 is 1.96 bits per heavy atom. The Morgan fingerprint density at radius 1 is 1.16 bits per heavy atom. The summed E-state index contributed by atoms with van der Waals surface area (Å²) in [4.78, 5) is 12.8. The summed E-state index contributed by atoms with van der Waals surface area (Å²) in [5.41, 5.74) is 2.16. The van der Waals surface area contributed by atoms with Crippen LogP contribution >= 0.6 is 0 Å². The first-order chi connectivity index (χ1) is 12.2. The van der Waals surface area contributed by atoms with E-state index in [4.69, 9.17) is 4.74 Å². The third-order valence-electron chi connectivity index (χ3n) is 4.64. The van der Waals surface area contributed by atoms with Gasteiger partial charge in [-0.05, 0) is 47.3 Å². The van der Waals surface area contributed by atoms with Crippen LogP contribution in [0, 0.1) is 0 Å². The van der Waals surface area contributed by atoms with Gasteiger partial charge in [0.1, 0.15) is 5.75 Å². The molecule has 0 radical (unpaired) electrons. The summed E-state index contributed by atoms with van der Waals surface area (Å²) in [6, 6.07) is 16.2. The van der Waals surface area contributed by atoms with Crippen LogP contribution in [0.1, 0.15) is 5.56 Å². The molecule has 25 heavy (non-hydrogen) atoms. The number of nitrogens with zero attached hydrogens (tertiary/aromatic N) is 1. The maximum atomic E-state index is 12.8. The van der Waals surface area contributed by atoms with Gasteiger partial charge < -0.3 is 19.9 Å². The SMILES string of the molecule is COc1ccc(Cn2ccc3cc(NC4CNC4)ccc3c2=O)cc1. The molecular formula is C20H21N3O2. The fourth-order valence-corrected chi connectivity index (χ4v) is 3.06. The minimum Gasteiger partial charge on any atom is -0.497 e. The molecular weight excluding hydrogens is 314 g/mol. The van der Waals surface area contributed by atoms with Crippen LogP contribution in [0.15, 0.2) is 59.5 Å². The van der Waals surface area contributed by atoms with Crippen molar-refractivity contribution in [2.75, 3.05) is 25.5 Å². The lowest BCUT2D eigenvalue weighted by molar-refractivity contribution is 0.414. The van der Waals surface area contributed by atoms with Crippen molar-refractivity contribution >= 4 is 16.5 Å². The molecule has 5 heteroatoms. The maximum absolute atomic E-state index is 12.8. The number of pyridine rings is 1. The third-order valence-corrected chi connectivity index (χ3v) is 4.64. The van der Waals surface area contributed by atoms with E-state index < -0.39 is 0 Å². The summed E-state index contributed by atoms with van der Waals surface area (Å²) < 4.78 is 6.92. The summed E-state index contributed by atoms with van der Waals surface area (Å²) in [6.45, 7) is 2.52. The summed E-state index contributed by atoms with van der Waals surface area (Å²) >= 11 is 0. The number of benzene rings is 2. The second-order valence-corrected chi connectivity index (χ2v) is 6.40. The molecule has 2 N–H and O–H groups in total. The van der Waals surface area contributed by atoms with Crippen LogP contribution in [0.3, 0.4) is 0 Å². The Balaban J connectivity index is 1.60. The highest BCUT2D eigenvalue weighted by Gasteiger charge is 2.16. The quantitative estimate of drug-likeness (QED) is 0.752. The molecule has 2 heterocycles. The van der Waals surface area contributed by atoms with E-state index in [0.29, 0.717) is 12.6 Å². The van der Waals surface area contributed by atoms with Crippen molar-refractivity contribution in [2.45, 2.75) is 12.6 Å². The first kappa shape index (κ1) is 15.7. The van der Waals surface area contributed by atoms with E-state index in [-0.39, 0.29) is 5.56 Å².